The molecule has 0 unspecified atom stereocenters. The van der Waals surface area contributed by atoms with Crippen molar-refractivity contribution < 1.29 is 14.7 Å². The number of aliphatic hydroxyl groups is 1. The van der Waals surface area contributed by atoms with Crippen LogP contribution in [-0.2, 0) is 4.79 Å². The lowest BCUT2D eigenvalue weighted by molar-refractivity contribution is -0.137. The van der Waals surface area contributed by atoms with Gasteiger partial charge in [-0.05, 0) is 24.3 Å². The van der Waals surface area contributed by atoms with Crippen molar-refractivity contribution in [3.8, 4) is 17.5 Å². The largest absolute Gasteiger partial charge is 0.404 e. The van der Waals surface area contributed by atoms with Crippen LogP contribution in [-0.4, -0.2) is 69.0 Å². The third-order valence-corrected chi connectivity index (χ3v) is 5.55. The van der Waals surface area contributed by atoms with Crippen LogP contribution in [0.25, 0.3) is 22.3 Å². The molecule has 5 N–H and O–H groups in total. The second kappa shape index (κ2) is 8.80. The number of likely N-dealkylation sites (N-methyl/N-ethyl adjacent to an activating group) is 1. The van der Waals surface area contributed by atoms with Crippen LogP contribution in [0.15, 0.2) is 47.7 Å². The number of carbonyl (C=O) groups is 2. The fourth-order valence-corrected chi connectivity index (χ4v) is 3.74. The summed E-state index contributed by atoms with van der Waals surface area (Å²) in [6.07, 6.45) is 4.83. The Morgan fingerprint density at radius 2 is 2.15 bits per heavy atom. The van der Waals surface area contributed by atoms with Gasteiger partial charge in [0.2, 0.25) is 5.60 Å². The molecule has 0 radical (unpaired) electrons. The Kier molecular flexibility index (Phi) is 5.88. The molecule has 172 valence electrons. The van der Waals surface area contributed by atoms with Crippen LogP contribution in [0.3, 0.4) is 0 Å². The number of fused-ring (bicyclic) bond motifs is 1. The number of amides is 2. The number of aromatic nitrogens is 3. The van der Waals surface area contributed by atoms with E-state index in [0.29, 0.717) is 40.0 Å². The summed E-state index contributed by atoms with van der Waals surface area (Å²) < 4.78 is 1.49. The van der Waals surface area contributed by atoms with Gasteiger partial charge in [0.15, 0.2) is 11.3 Å². The van der Waals surface area contributed by atoms with Crippen molar-refractivity contribution in [3.63, 3.8) is 0 Å². The van der Waals surface area contributed by atoms with Crippen LogP contribution in [0.2, 0.25) is 0 Å². The maximum Gasteiger partial charge on any atom is 0.269 e. The number of benzene rings is 1. The SMILES string of the molecule is CN=CC(=CN)c1cnc2c(c1)c(C(N)=O)nn2-c1cccc(C#C[C@]2(O)CCN(C)C2=O)c1. The summed E-state index contributed by atoms with van der Waals surface area (Å²) in [4.78, 5) is 34.2. The summed E-state index contributed by atoms with van der Waals surface area (Å²) in [6, 6.07) is 8.73. The highest BCUT2D eigenvalue weighted by molar-refractivity contribution is 6.11. The second-order valence-corrected chi connectivity index (χ2v) is 7.87. The first kappa shape index (κ1) is 22.7. The van der Waals surface area contributed by atoms with Crippen molar-refractivity contribution in [3.05, 3.63) is 59.5 Å². The number of aliphatic imine (C=N–C) groups is 1. The summed E-state index contributed by atoms with van der Waals surface area (Å²) in [5.41, 5.74) is 12.5. The molecule has 1 aliphatic rings. The minimum absolute atomic E-state index is 0.0551. The smallest absolute Gasteiger partial charge is 0.269 e. The highest BCUT2D eigenvalue weighted by Crippen LogP contribution is 2.25. The Labute approximate surface area is 195 Å². The molecule has 10 heteroatoms. The normalized spacial score (nSPS) is 18.5. The molecule has 1 fully saturated rings. The van der Waals surface area contributed by atoms with Gasteiger partial charge >= 0.3 is 0 Å². The molecule has 1 aliphatic heterocycles. The van der Waals surface area contributed by atoms with Crippen molar-refractivity contribution in [2.24, 2.45) is 16.5 Å². The fraction of sp³-hybridized carbons (Fsp3) is 0.208. The number of nitrogens with two attached hydrogens (primary N) is 2. The minimum Gasteiger partial charge on any atom is -0.404 e. The number of nitrogens with zero attached hydrogens (tertiary/aromatic N) is 5. The maximum absolute atomic E-state index is 12.2. The highest BCUT2D eigenvalue weighted by Gasteiger charge is 2.42. The molecule has 1 aromatic carbocycles. The van der Waals surface area contributed by atoms with Crippen molar-refractivity contribution in [2.45, 2.75) is 12.0 Å². The van der Waals surface area contributed by atoms with Crippen molar-refractivity contribution in [1.82, 2.24) is 19.7 Å². The monoisotopic (exact) mass is 457 g/mol. The molecule has 3 aromatic rings. The number of hydrogen-bond acceptors (Lipinski definition) is 7. The van der Waals surface area contributed by atoms with E-state index < -0.39 is 17.4 Å². The zero-order valence-corrected chi connectivity index (χ0v) is 18.7. The first-order valence-corrected chi connectivity index (χ1v) is 10.4. The van der Waals surface area contributed by atoms with Gasteiger partial charge in [-0.25, -0.2) is 9.67 Å². The van der Waals surface area contributed by atoms with Crippen LogP contribution in [0.4, 0.5) is 0 Å². The lowest BCUT2D eigenvalue weighted by atomic mass is 10.0. The molecule has 3 heterocycles. The Morgan fingerprint density at radius 3 is 2.79 bits per heavy atom. The average molecular weight is 457 g/mol. The summed E-state index contributed by atoms with van der Waals surface area (Å²) >= 11 is 0. The van der Waals surface area contributed by atoms with Crippen LogP contribution < -0.4 is 11.5 Å². The minimum atomic E-state index is -1.70. The highest BCUT2D eigenvalue weighted by atomic mass is 16.3. The van der Waals surface area contributed by atoms with Gasteiger partial charge in [-0.1, -0.05) is 17.9 Å². The van der Waals surface area contributed by atoms with Gasteiger partial charge in [0.1, 0.15) is 0 Å². The Hall–Kier alpha value is -4.49. The van der Waals surface area contributed by atoms with Crippen LogP contribution in [0, 0.1) is 11.8 Å². The summed E-state index contributed by atoms with van der Waals surface area (Å²) in [6.45, 7) is 0.443. The van der Waals surface area contributed by atoms with Crippen LogP contribution >= 0.6 is 0 Å². The Balaban J connectivity index is 1.79. The Bertz CT molecular complexity index is 1430. The topological polar surface area (TPSA) is 153 Å². The molecule has 0 saturated carbocycles. The molecule has 2 aromatic heterocycles. The van der Waals surface area contributed by atoms with E-state index in [-0.39, 0.29) is 12.1 Å². The van der Waals surface area contributed by atoms with E-state index in [1.807, 2.05) is 0 Å². The van der Waals surface area contributed by atoms with Gasteiger partial charge in [-0.3, -0.25) is 14.6 Å². The summed E-state index contributed by atoms with van der Waals surface area (Å²) in [7, 11) is 3.25. The maximum atomic E-state index is 12.2. The molecule has 34 heavy (non-hydrogen) atoms. The summed E-state index contributed by atoms with van der Waals surface area (Å²) in [5, 5.41) is 15.4. The molecule has 2 amide bonds. The van der Waals surface area contributed by atoms with E-state index in [1.54, 1.807) is 56.8 Å². The van der Waals surface area contributed by atoms with Crippen LogP contribution in [0.1, 0.15) is 28.0 Å². The number of likely N-dealkylation sites (tertiary alicyclic amines) is 1. The van der Waals surface area contributed by atoms with E-state index in [2.05, 4.69) is 26.9 Å². The van der Waals surface area contributed by atoms with Gasteiger partial charge in [0.05, 0.1) is 11.1 Å². The third-order valence-electron chi connectivity index (χ3n) is 5.55. The Morgan fingerprint density at radius 1 is 1.35 bits per heavy atom. The van der Waals surface area contributed by atoms with E-state index >= 15 is 0 Å². The zero-order valence-electron chi connectivity index (χ0n) is 18.7. The van der Waals surface area contributed by atoms with Gasteiger partial charge < -0.3 is 21.5 Å². The molecule has 0 bridgehead atoms. The van der Waals surface area contributed by atoms with Gasteiger partial charge in [0.25, 0.3) is 11.8 Å². The number of allylic oxidation sites excluding steroid dienone is 1. The number of primary amides is 1. The van der Waals surface area contributed by atoms with E-state index in [0.717, 1.165) is 0 Å². The van der Waals surface area contributed by atoms with E-state index in [1.165, 1.54) is 15.8 Å². The molecular formula is C24H23N7O3. The standard InChI is InChI=1S/C24H23N7O3/c1-27-13-17(12-25)16-11-19-20(21(26)32)29-31(22(19)28-14-16)18-5-3-4-15(10-18)6-7-24(34)8-9-30(2)23(24)33/h3-5,10-14,34H,8-9,25H2,1-2H3,(H2,26,32)/t24-/m0/s1. The predicted molar refractivity (Wildman–Crippen MR) is 128 cm³/mol. The second-order valence-electron chi connectivity index (χ2n) is 7.87. The first-order valence-electron chi connectivity index (χ1n) is 10.4. The van der Waals surface area contributed by atoms with E-state index in [4.69, 9.17) is 11.5 Å². The fourth-order valence-electron chi connectivity index (χ4n) is 3.74. The van der Waals surface area contributed by atoms with Gasteiger partial charge in [-0.15, -0.1) is 0 Å². The lowest BCUT2D eigenvalue weighted by Gasteiger charge is -2.13. The van der Waals surface area contributed by atoms with Crippen molar-refractivity contribution in [1.29, 1.82) is 0 Å². The molecule has 0 aliphatic carbocycles. The van der Waals surface area contributed by atoms with E-state index in [9.17, 15) is 14.7 Å². The molecule has 1 atom stereocenters. The molecule has 0 spiro atoms. The first-order chi connectivity index (χ1) is 16.3. The lowest BCUT2D eigenvalue weighted by Crippen LogP contribution is -2.37. The molecule has 1 saturated heterocycles. The van der Waals surface area contributed by atoms with Crippen molar-refractivity contribution in [2.75, 3.05) is 20.6 Å². The molecular weight excluding hydrogens is 434 g/mol. The number of rotatable bonds is 4. The quantitative estimate of drug-likeness (QED) is 0.382. The zero-order chi connectivity index (χ0) is 24.5. The number of carbonyl (C=O) groups excluding carboxylic acids is 2. The molecule has 10 nitrogen and oxygen atoms in total. The molecule has 4 rings (SSSR count). The summed E-state index contributed by atoms with van der Waals surface area (Å²) in [5.74, 6) is 4.45. The third kappa shape index (κ3) is 4.00. The number of hydrogen-bond donors (Lipinski definition) is 3. The number of pyridine rings is 1. The predicted octanol–water partition coefficient (Wildman–Crippen LogP) is 0.464. The van der Waals surface area contributed by atoms with Gasteiger partial charge in [-0.2, -0.15) is 5.10 Å². The van der Waals surface area contributed by atoms with Gasteiger partial charge in [0, 0.05) is 62.4 Å². The van der Waals surface area contributed by atoms with Crippen molar-refractivity contribution >= 4 is 34.6 Å². The average Bonchev–Trinajstić information content (AvgIpc) is 3.34. The van der Waals surface area contributed by atoms with Crippen LogP contribution in [0.5, 0.6) is 0 Å².